The molecule has 2 amide bonds. The zero-order valence-electron chi connectivity index (χ0n) is 23.8. The number of nitrogens with zero attached hydrogens (tertiary/aromatic N) is 5. The van der Waals surface area contributed by atoms with Crippen molar-refractivity contribution in [3.05, 3.63) is 64.5 Å². The van der Waals surface area contributed by atoms with E-state index in [1.54, 1.807) is 35.2 Å². The van der Waals surface area contributed by atoms with E-state index in [1.165, 1.54) is 0 Å². The summed E-state index contributed by atoms with van der Waals surface area (Å²) in [7, 11) is 0. The van der Waals surface area contributed by atoms with Crippen LogP contribution in [0.2, 0.25) is 0 Å². The molecular weight excluding hydrogens is 466 g/mol. The molecule has 1 aromatic heterocycles. The SMILES string of the molecule is [2H]C([2H])([2H])N1C(=O)c2cccc(C#CC3CN(C(=O)OC(C)(C)C)C3)c2[C@H]2C[C@@H]1c1nc3ccc(C#N)cc3n12. The van der Waals surface area contributed by atoms with Gasteiger partial charge in [0.15, 0.2) is 0 Å². The summed E-state index contributed by atoms with van der Waals surface area (Å²) in [6, 6.07) is 11.4. The van der Waals surface area contributed by atoms with Crippen molar-refractivity contribution in [1.29, 1.82) is 5.26 Å². The molecule has 0 N–H and O–H groups in total. The molecule has 1 saturated heterocycles. The highest BCUT2D eigenvalue weighted by Crippen LogP contribution is 2.48. The molecule has 0 aliphatic carbocycles. The van der Waals surface area contributed by atoms with Crippen LogP contribution in [0.4, 0.5) is 4.79 Å². The van der Waals surface area contributed by atoms with Crippen LogP contribution in [-0.4, -0.2) is 57.0 Å². The van der Waals surface area contributed by atoms with Crippen LogP contribution in [0.25, 0.3) is 11.0 Å². The first-order valence-corrected chi connectivity index (χ1v) is 12.2. The minimum absolute atomic E-state index is 0.0529. The highest BCUT2D eigenvalue weighted by atomic mass is 16.6. The predicted octanol–water partition coefficient (Wildman–Crippen LogP) is 4.25. The van der Waals surface area contributed by atoms with Gasteiger partial charge >= 0.3 is 6.09 Å². The van der Waals surface area contributed by atoms with E-state index in [2.05, 4.69) is 17.9 Å². The van der Waals surface area contributed by atoms with E-state index in [0.717, 1.165) is 4.90 Å². The normalized spacial score (nSPS) is 21.9. The fraction of sp³-hybridized carbons (Fsp3) is 0.379. The quantitative estimate of drug-likeness (QED) is 0.434. The van der Waals surface area contributed by atoms with Crippen LogP contribution < -0.4 is 0 Å². The average molecular weight is 497 g/mol. The second-order valence-corrected chi connectivity index (χ2v) is 10.7. The molecule has 2 atom stereocenters. The van der Waals surface area contributed by atoms with Crippen molar-refractivity contribution in [3.63, 3.8) is 0 Å². The number of nitriles is 1. The number of hydrogen-bond donors (Lipinski definition) is 0. The molecule has 4 heterocycles. The molecule has 6 rings (SSSR count). The Morgan fingerprint density at radius 1 is 1.22 bits per heavy atom. The van der Waals surface area contributed by atoms with Crippen LogP contribution in [0, 0.1) is 29.1 Å². The zero-order chi connectivity index (χ0) is 28.6. The van der Waals surface area contributed by atoms with Crippen LogP contribution in [-0.2, 0) is 4.74 Å². The minimum atomic E-state index is -2.68. The summed E-state index contributed by atoms with van der Waals surface area (Å²) in [5, 5.41) is 9.50. The van der Waals surface area contributed by atoms with Crippen molar-refractivity contribution in [1.82, 2.24) is 19.4 Å². The molecule has 8 heteroatoms. The highest BCUT2D eigenvalue weighted by Gasteiger charge is 2.44. The summed E-state index contributed by atoms with van der Waals surface area (Å²) in [6.45, 7) is 3.67. The summed E-state index contributed by atoms with van der Waals surface area (Å²) in [5.41, 5.74) is 2.81. The van der Waals surface area contributed by atoms with Gasteiger partial charge in [-0.15, -0.1) is 0 Å². The largest absolute Gasteiger partial charge is 0.444 e. The number of benzene rings is 2. The molecule has 186 valence electrons. The fourth-order valence-corrected chi connectivity index (χ4v) is 5.35. The molecule has 2 aromatic carbocycles. The lowest BCUT2D eigenvalue weighted by molar-refractivity contribution is 0.00591. The maximum absolute atomic E-state index is 13.8. The number of likely N-dealkylation sites (tertiary alicyclic amines) is 1. The lowest BCUT2D eigenvalue weighted by Gasteiger charge is -2.37. The van der Waals surface area contributed by atoms with Crippen LogP contribution in [0.5, 0.6) is 0 Å². The lowest BCUT2D eigenvalue weighted by Crippen LogP contribution is -2.51. The second-order valence-electron chi connectivity index (χ2n) is 10.7. The standard InChI is InChI=1S/C29H27N5O3/c1-29(2,3)37-28(36)33-15-18(16-33)8-10-19-6-5-7-20-25(19)23-13-24(32(4)27(20)35)26-31-21-11-9-17(14-30)12-22(21)34(23)26/h5-7,9,11-12,18,23-24H,13,15-16H2,1-4H3/t23-,24-/m1/s1/i4D3. The third-order valence-electron chi connectivity index (χ3n) is 7.05. The Morgan fingerprint density at radius 3 is 2.76 bits per heavy atom. The summed E-state index contributed by atoms with van der Waals surface area (Å²) in [5.74, 6) is 6.32. The van der Waals surface area contributed by atoms with Gasteiger partial charge in [-0.25, -0.2) is 9.78 Å². The Labute approximate surface area is 219 Å². The first-order valence-electron chi connectivity index (χ1n) is 13.7. The van der Waals surface area contributed by atoms with Crippen LogP contribution in [0.15, 0.2) is 36.4 Å². The van der Waals surface area contributed by atoms with Gasteiger partial charge in [-0.2, -0.15) is 5.26 Å². The number of aromatic nitrogens is 2. The van der Waals surface area contributed by atoms with Crippen molar-refractivity contribution >= 4 is 23.0 Å². The molecule has 2 bridgehead atoms. The number of imidazole rings is 1. The number of fused-ring (bicyclic) bond motifs is 9. The Hall–Kier alpha value is -4.30. The number of rotatable bonds is 0. The molecule has 3 aromatic rings. The van der Waals surface area contributed by atoms with Gasteiger partial charge in [-0.1, -0.05) is 17.9 Å². The molecule has 1 fully saturated rings. The Bertz CT molecular complexity index is 1680. The van der Waals surface area contributed by atoms with E-state index in [9.17, 15) is 14.9 Å². The van der Waals surface area contributed by atoms with E-state index in [-0.39, 0.29) is 12.0 Å². The van der Waals surface area contributed by atoms with E-state index >= 15 is 0 Å². The van der Waals surface area contributed by atoms with Gasteiger partial charge in [0.05, 0.1) is 40.7 Å². The first-order chi connectivity index (χ1) is 18.9. The van der Waals surface area contributed by atoms with Crippen LogP contribution in [0.3, 0.4) is 0 Å². The van der Waals surface area contributed by atoms with E-state index in [4.69, 9.17) is 13.8 Å². The van der Waals surface area contributed by atoms with Crippen molar-refractivity contribution in [2.75, 3.05) is 20.1 Å². The van der Waals surface area contributed by atoms with Gasteiger partial charge in [-0.3, -0.25) is 4.79 Å². The highest BCUT2D eigenvalue weighted by molar-refractivity contribution is 5.97. The number of hydrogen-bond acceptors (Lipinski definition) is 5. The van der Waals surface area contributed by atoms with Crippen molar-refractivity contribution in [2.24, 2.45) is 5.92 Å². The smallest absolute Gasteiger partial charge is 0.410 e. The van der Waals surface area contributed by atoms with Gasteiger partial charge in [0, 0.05) is 47.3 Å². The van der Waals surface area contributed by atoms with Gasteiger partial charge in [0.2, 0.25) is 0 Å². The topological polar surface area (TPSA) is 91.5 Å². The maximum atomic E-state index is 13.8. The summed E-state index contributed by atoms with van der Waals surface area (Å²) >= 11 is 0. The minimum Gasteiger partial charge on any atom is -0.444 e. The second kappa shape index (κ2) is 8.11. The molecule has 3 aliphatic rings. The van der Waals surface area contributed by atoms with E-state index in [1.807, 2.05) is 31.4 Å². The Balaban J connectivity index is 1.42. The number of amides is 2. The van der Waals surface area contributed by atoms with Crippen molar-refractivity contribution in [3.8, 4) is 17.9 Å². The van der Waals surface area contributed by atoms with Crippen molar-refractivity contribution < 1.29 is 18.4 Å². The number of ether oxygens (including phenoxy) is 1. The molecule has 8 nitrogen and oxygen atoms in total. The molecule has 0 spiro atoms. The number of carbonyl (C=O) groups excluding carboxylic acids is 2. The Morgan fingerprint density at radius 2 is 2.03 bits per heavy atom. The first kappa shape index (κ1) is 19.8. The van der Waals surface area contributed by atoms with Crippen molar-refractivity contribution in [2.45, 2.75) is 44.9 Å². The molecule has 37 heavy (non-hydrogen) atoms. The summed E-state index contributed by atoms with van der Waals surface area (Å²) in [6.07, 6.45) is -0.0384. The monoisotopic (exact) mass is 496 g/mol. The molecule has 0 unspecified atom stereocenters. The van der Waals surface area contributed by atoms with Gasteiger partial charge in [0.1, 0.15) is 11.4 Å². The third kappa shape index (κ3) is 3.72. The fourth-order valence-electron chi connectivity index (χ4n) is 5.35. The average Bonchev–Trinajstić information content (AvgIpc) is 3.33. The van der Waals surface area contributed by atoms with Crippen LogP contribution in [0.1, 0.15) is 76.3 Å². The molecular formula is C29H27N5O3. The summed E-state index contributed by atoms with van der Waals surface area (Å²) < 4.78 is 32.0. The lowest BCUT2D eigenvalue weighted by atomic mass is 9.92. The van der Waals surface area contributed by atoms with E-state index in [0.29, 0.717) is 58.6 Å². The van der Waals surface area contributed by atoms with Gasteiger partial charge < -0.3 is 19.1 Å². The van der Waals surface area contributed by atoms with Gasteiger partial charge in [0.25, 0.3) is 5.91 Å². The summed E-state index contributed by atoms with van der Waals surface area (Å²) in [4.78, 5) is 33.4. The Kier molecular flexibility index (Phi) is 4.35. The van der Waals surface area contributed by atoms with E-state index < -0.39 is 30.6 Å². The maximum Gasteiger partial charge on any atom is 0.410 e. The van der Waals surface area contributed by atoms with Gasteiger partial charge in [-0.05, 0) is 51.1 Å². The zero-order valence-corrected chi connectivity index (χ0v) is 20.8. The molecule has 0 saturated carbocycles. The third-order valence-corrected chi connectivity index (χ3v) is 7.05. The molecule has 3 aliphatic heterocycles. The number of carbonyl (C=O) groups is 2. The predicted molar refractivity (Wildman–Crippen MR) is 137 cm³/mol. The molecule has 0 radical (unpaired) electrons. The van der Waals surface area contributed by atoms with Crippen LogP contribution >= 0.6 is 0 Å².